The zero-order chi connectivity index (χ0) is 19.7. The summed E-state index contributed by atoms with van der Waals surface area (Å²) in [5.41, 5.74) is 3.93. The molecule has 1 heterocycles. The Morgan fingerprint density at radius 2 is 1.68 bits per heavy atom. The first-order chi connectivity index (χ1) is 13.5. The number of carbonyl (C=O) groups is 2. The largest absolute Gasteiger partial charge is 0.452 e. The molecule has 1 fully saturated rings. The second-order valence-electron chi connectivity index (χ2n) is 7.79. The Balaban J connectivity index is 1.59. The third kappa shape index (κ3) is 3.59. The summed E-state index contributed by atoms with van der Waals surface area (Å²) in [4.78, 5) is 25.4. The molecule has 1 N–H and O–H groups in total. The van der Waals surface area contributed by atoms with Crippen LogP contribution in [0, 0.1) is 19.8 Å². The molecule has 0 aliphatic heterocycles. The van der Waals surface area contributed by atoms with E-state index >= 15 is 0 Å². The number of hydrogen-bond donors (Lipinski definition) is 1. The number of amides is 1. The molecule has 1 aromatic heterocycles. The molecule has 1 amide bonds. The van der Waals surface area contributed by atoms with Crippen molar-refractivity contribution in [3.63, 3.8) is 0 Å². The van der Waals surface area contributed by atoms with Crippen molar-refractivity contribution in [2.75, 3.05) is 5.32 Å². The fraction of sp³-hybridized carbons (Fsp3) is 0.333. The Morgan fingerprint density at radius 1 is 0.964 bits per heavy atom. The van der Waals surface area contributed by atoms with Crippen LogP contribution in [0.3, 0.4) is 0 Å². The van der Waals surface area contributed by atoms with Gasteiger partial charge in [-0.2, -0.15) is 0 Å². The highest BCUT2D eigenvalue weighted by Gasteiger charge is 2.22. The average molecular weight is 375 g/mol. The predicted octanol–water partition coefficient (Wildman–Crippen LogP) is 5.80. The van der Waals surface area contributed by atoms with Crippen LogP contribution in [-0.4, -0.2) is 11.7 Å². The maximum atomic E-state index is 12.9. The number of rotatable bonds is 4. The van der Waals surface area contributed by atoms with Crippen molar-refractivity contribution in [3.8, 4) is 0 Å². The number of hydrogen-bond acceptors (Lipinski definition) is 3. The minimum Gasteiger partial charge on any atom is -0.452 e. The smallest absolute Gasteiger partial charge is 0.228 e. The fourth-order valence-corrected chi connectivity index (χ4v) is 3.96. The standard InChI is InChI=1S/C24H25NO3/c1-15-8-10-17(11-9-15)22(26)23-16(2)20-14-19(12-13-21(20)28-23)25-24(27)18-6-4-3-5-7-18/h8-14,18H,3-7H2,1-2H3,(H,25,27). The first-order valence-corrected chi connectivity index (χ1v) is 9.98. The molecule has 2 aromatic carbocycles. The van der Waals surface area contributed by atoms with E-state index in [1.165, 1.54) is 6.42 Å². The summed E-state index contributed by atoms with van der Waals surface area (Å²) in [5.74, 6) is 0.431. The van der Waals surface area contributed by atoms with E-state index in [0.717, 1.165) is 47.9 Å². The van der Waals surface area contributed by atoms with Gasteiger partial charge in [0.25, 0.3) is 0 Å². The number of aryl methyl sites for hydroxylation is 2. The molecule has 0 atom stereocenters. The lowest BCUT2D eigenvalue weighted by Crippen LogP contribution is -2.24. The van der Waals surface area contributed by atoms with Gasteiger partial charge in [-0.3, -0.25) is 9.59 Å². The van der Waals surface area contributed by atoms with E-state index in [2.05, 4.69) is 5.32 Å². The van der Waals surface area contributed by atoms with Crippen molar-refractivity contribution in [1.29, 1.82) is 0 Å². The Morgan fingerprint density at radius 3 is 2.39 bits per heavy atom. The highest BCUT2D eigenvalue weighted by molar-refractivity contribution is 6.10. The first-order valence-electron chi connectivity index (χ1n) is 9.98. The van der Waals surface area contributed by atoms with Crippen LogP contribution in [0.5, 0.6) is 0 Å². The first kappa shape index (κ1) is 18.5. The van der Waals surface area contributed by atoms with E-state index in [1.54, 1.807) is 0 Å². The molecule has 144 valence electrons. The molecule has 0 saturated heterocycles. The predicted molar refractivity (Wildman–Crippen MR) is 111 cm³/mol. The topological polar surface area (TPSA) is 59.3 Å². The van der Waals surface area contributed by atoms with Gasteiger partial charge in [-0.15, -0.1) is 0 Å². The lowest BCUT2D eigenvalue weighted by atomic mass is 9.88. The molecule has 1 saturated carbocycles. The molecular weight excluding hydrogens is 350 g/mol. The number of benzene rings is 2. The molecule has 3 aromatic rings. The normalized spacial score (nSPS) is 14.9. The fourth-order valence-electron chi connectivity index (χ4n) is 3.96. The number of ketones is 1. The number of carbonyl (C=O) groups excluding carboxylic acids is 2. The molecule has 0 unspecified atom stereocenters. The number of nitrogens with one attached hydrogen (secondary N) is 1. The molecule has 0 spiro atoms. The van der Waals surface area contributed by atoms with E-state index in [-0.39, 0.29) is 17.6 Å². The van der Waals surface area contributed by atoms with Crippen LogP contribution in [0.15, 0.2) is 46.9 Å². The molecule has 0 bridgehead atoms. The van der Waals surface area contributed by atoms with E-state index in [4.69, 9.17) is 4.42 Å². The molecule has 4 nitrogen and oxygen atoms in total. The van der Waals surface area contributed by atoms with Gasteiger partial charge in [0.2, 0.25) is 11.7 Å². The molecule has 4 heteroatoms. The summed E-state index contributed by atoms with van der Waals surface area (Å²) >= 11 is 0. The van der Waals surface area contributed by atoms with Gasteiger partial charge in [0.15, 0.2) is 5.76 Å². The van der Waals surface area contributed by atoms with Crippen molar-refractivity contribution >= 4 is 28.3 Å². The average Bonchev–Trinajstić information content (AvgIpc) is 3.05. The van der Waals surface area contributed by atoms with E-state index in [0.29, 0.717) is 16.9 Å². The summed E-state index contributed by atoms with van der Waals surface area (Å²) in [7, 11) is 0. The second-order valence-corrected chi connectivity index (χ2v) is 7.79. The van der Waals surface area contributed by atoms with Crippen LogP contribution in [0.4, 0.5) is 5.69 Å². The molecule has 1 aliphatic rings. The lowest BCUT2D eigenvalue weighted by molar-refractivity contribution is -0.120. The van der Waals surface area contributed by atoms with Gasteiger partial charge in [-0.05, 0) is 44.9 Å². The molecule has 0 radical (unpaired) electrons. The van der Waals surface area contributed by atoms with Gasteiger partial charge in [-0.1, -0.05) is 49.1 Å². The minimum absolute atomic E-state index is 0.0937. The van der Waals surface area contributed by atoms with Gasteiger partial charge in [-0.25, -0.2) is 0 Å². The van der Waals surface area contributed by atoms with Crippen LogP contribution in [0.1, 0.15) is 59.3 Å². The SMILES string of the molecule is Cc1ccc(C(=O)c2oc3ccc(NC(=O)C4CCCCC4)cc3c2C)cc1. The maximum Gasteiger partial charge on any atom is 0.228 e. The van der Waals surface area contributed by atoms with E-state index in [9.17, 15) is 9.59 Å². The second kappa shape index (κ2) is 7.63. The summed E-state index contributed by atoms with van der Waals surface area (Å²) in [6.45, 7) is 3.88. The molecular formula is C24H25NO3. The molecule has 4 rings (SSSR count). The van der Waals surface area contributed by atoms with Gasteiger partial charge >= 0.3 is 0 Å². The highest BCUT2D eigenvalue weighted by atomic mass is 16.3. The van der Waals surface area contributed by atoms with E-state index < -0.39 is 0 Å². The van der Waals surface area contributed by atoms with Crippen molar-refractivity contribution in [2.45, 2.75) is 46.0 Å². The number of fused-ring (bicyclic) bond motifs is 1. The Labute approximate surface area is 164 Å². The van der Waals surface area contributed by atoms with Crippen LogP contribution in [-0.2, 0) is 4.79 Å². The van der Waals surface area contributed by atoms with Crippen LogP contribution in [0.2, 0.25) is 0 Å². The van der Waals surface area contributed by atoms with Gasteiger partial charge in [0.1, 0.15) is 5.58 Å². The molecule has 1 aliphatic carbocycles. The Kier molecular flexibility index (Phi) is 5.03. The zero-order valence-corrected chi connectivity index (χ0v) is 16.4. The Hall–Kier alpha value is -2.88. The van der Waals surface area contributed by atoms with Gasteiger partial charge in [0, 0.05) is 28.1 Å². The number of anilines is 1. The van der Waals surface area contributed by atoms with Crippen LogP contribution < -0.4 is 5.32 Å². The maximum absolute atomic E-state index is 12.9. The van der Waals surface area contributed by atoms with Crippen molar-refractivity contribution in [1.82, 2.24) is 0 Å². The lowest BCUT2D eigenvalue weighted by Gasteiger charge is -2.20. The van der Waals surface area contributed by atoms with Crippen molar-refractivity contribution in [3.05, 3.63) is 64.9 Å². The zero-order valence-electron chi connectivity index (χ0n) is 16.4. The summed E-state index contributed by atoms with van der Waals surface area (Å²) in [5, 5.41) is 3.90. The summed E-state index contributed by atoms with van der Waals surface area (Å²) < 4.78 is 5.86. The molecule has 28 heavy (non-hydrogen) atoms. The number of furan rings is 1. The minimum atomic E-state index is -0.124. The van der Waals surface area contributed by atoms with Crippen molar-refractivity contribution < 1.29 is 14.0 Å². The monoisotopic (exact) mass is 375 g/mol. The summed E-state index contributed by atoms with van der Waals surface area (Å²) in [6.07, 6.45) is 5.41. The van der Waals surface area contributed by atoms with Gasteiger partial charge < -0.3 is 9.73 Å². The van der Waals surface area contributed by atoms with Crippen molar-refractivity contribution in [2.24, 2.45) is 5.92 Å². The highest BCUT2D eigenvalue weighted by Crippen LogP contribution is 2.30. The summed E-state index contributed by atoms with van der Waals surface area (Å²) in [6, 6.07) is 13.0. The van der Waals surface area contributed by atoms with Crippen LogP contribution in [0.25, 0.3) is 11.0 Å². The Bertz CT molecular complexity index is 1020. The van der Waals surface area contributed by atoms with Crippen LogP contribution >= 0.6 is 0 Å². The third-order valence-electron chi connectivity index (χ3n) is 5.70. The van der Waals surface area contributed by atoms with E-state index in [1.807, 2.05) is 56.3 Å². The quantitative estimate of drug-likeness (QED) is 0.586. The van der Waals surface area contributed by atoms with Gasteiger partial charge in [0.05, 0.1) is 0 Å². The third-order valence-corrected chi connectivity index (χ3v) is 5.70.